The third kappa shape index (κ3) is 3.78. The molecule has 0 atom stereocenters. The summed E-state index contributed by atoms with van der Waals surface area (Å²) in [4.78, 5) is 15.4. The Bertz CT molecular complexity index is 625. The van der Waals surface area contributed by atoms with Crippen LogP contribution in [0, 0.1) is 11.3 Å². The van der Waals surface area contributed by atoms with Gasteiger partial charge in [-0.05, 0) is 23.8 Å². The molecule has 1 amide bonds. The molecule has 2 rings (SSSR count). The van der Waals surface area contributed by atoms with Crippen molar-refractivity contribution in [2.45, 2.75) is 6.54 Å². The first-order valence-electron chi connectivity index (χ1n) is 5.58. The molecule has 0 aliphatic carbocycles. The average Bonchev–Trinajstić information content (AvgIpc) is 2.96. The van der Waals surface area contributed by atoms with E-state index in [-0.39, 0.29) is 5.91 Å². The van der Waals surface area contributed by atoms with Crippen molar-refractivity contribution in [2.75, 3.05) is 0 Å². The molecule has 0 saturated carbocycles. The normalized spacial score (nSPS) is 10.3. The lowest BCUT2D eigenvalue weighted by Gasteiger charge is -1.98. The van der Waals surface area contributed by atoms with E-state index in [9.17, 15) is 4.79 Å². The van der Waals surface area contributed by atoms with Gasteiger partial charge in [-0.1, -0.05) is 12.1 Å². The van der Waals surface area contributed by atoms with Crippen molar-refractivity contribution >= 4 is 12.0 Å². The highest BCUT2D eigenvalue weighted by atomic mass is 16.1. The molecule has 0 saturated heterocycles. The summed E-state index contributed by atoms with van der Waals surface area (Å²) in [5, 5.41) is 17.7. The second-order valence-electron chi connectivity index (χ2n) is 3.72. The Morgan fingerprint density at radius 3 is 3.16 bits per heavy atom. The van der Waals surface area contributed by atoms with Crippen molar-refractivity contribution in [1.29, 1.82) is 5.26 Å². The first kappa shape index (κ1) is 12.5. The molecule has 19 heavy (non-hydrogen) atoms. The number of aromatic nitrogens is 3. The minimum Gasteiger partial charge on any atom is -0.345 e. The van der Waals surface area contributed by atoms with Crippen LogP contribution in [0.15, 0.2) is 36.7 Å². The Morgan fingerprint density at radius 2 is 2.42 bits per heavy atom. The third-order valence-corrected chi connectivity index (χ3v) is 2.34. The molecule has 6 nitrogen and oxygen atoms in total. The van der Waals surface area contributed by atoms with Gasteiger partial charge in [0.25, 0.3) is 0 Å². The highest BCUT2D eigenvalue weighted by molar-refractivity contribution is 5.91. The van der Waals surface area contributed by atoms with Crippen LogP contribution < -0.4 is 5.32 Å². The largest absolute Gasteiger partial charge is 0.345 e. The Hall–Kier alpha value is -2.94. The molecular weight excluding hydrogens is 242 g/mol. The van der Waals surface area contributed by atoms with E-state index in [0.717, 1.165) is 5.56 Å². The maximum atomic E-state index is 11.5. The topological polar surface area (TPSA) is 94.5 Å². The van der Waals surface area contributed by atoms with E-state index in [0.29, 0.717) is 17.9 Å². The Balaban J connectivity index is 1.91. The molecule has 0 unspecified atom stereocenters. The fourth-order valence-corrected chi connectivity index (χ4v) is 1.43. The smallest absolute Gasteiger partial charge is 0.244 e. The Kier molecular flexibility index (Phi) is 4.03. The number of H-pyrrole nitrogens is 1. The highest BCUT2D eigenvalue weighted by Gasteiger charge is 1.98. The molecule has 94 valence electrons. The molecule has 2 N–H and O–H groups in total. The van der Waals surface area contributed by atoms with Crippen LogP contribution in [0.5, 0.6) is 0 Å². The molecule has 0 aliphatic heterocycles. The summed E-state index contributed by atoms with van der Waals surface area (Å²) in [6, 6.07) is 9.05. The van der Waals surface area contributed by atoms with Crippen molar-refractivity contribution in [3.05, 3.63) is 53.6 Å². The van der Waals surface area contributed by atoms with Crippen LogP contribution in [-0.2, 0) is 11.3 Å². The van der Waals surface area contributed by atoms with Crippen molar-refractivity contribution in [3.8, 4) is 6.07 Å². The third-order valence-electron chi connectivity index (χ3n) is 2.34. The van der Waals surface area contributed by atoms with Gasteiger partial charge in [0.2, 0.25) is 5.91 Å². The minimum absolute atomic E-state index is 0.237. The van der Waals surface area contributed by atoms with Gasteiger partial charge >= 0.3 is 0 Å². The van der Waals surface area contributed by atoms with Gasteiger partial charge in [0.1, 0.15) is 12.2 Å². The second kappa shape index (κ2) is 6.12. The van der Waals surface area contributed by atoms with Crippen LogP contribution in [0.25, 0.3) is 6.08 Å². The predicted octanol–water partition coefficient (Wildman–Crippen LogP) is 1.01. The first-order valence-corrected chi connectivity index (χ1v) is 5.58. The molecule has 1 aromatic carbocycles. The standard InChI is InChI=1S/C13H11N5O/c14-7-11-3-1-2-10(6-11)4-5-13(19)15-8-12-16-9-17-18-12/h1-6,9H,8H2,(H,15,19)(H,16,17,18)/b5-4+. The molecule has 0 radical (unpaired) electrons. The molecule has 6 heteroatoms. The van der Waals surface area contributed by atoms with Gasteiger partial charge in [-0.3, -0.25) is 9.89 Å². The number of carbonyl (C=O) groups excluding carboxylic acids is 1. The molecule has 0 aliphatic rings. The summed E-state index contributed by atoms with van der Waals surface area (Å²) in [5.41, 5.74) is 1.36. The highest BCUT2D eigenvalue weighted by Crippen LogP contribution is 2.05. The van der Waals surface area contributed by atoms with Gasteiger partial charge in [-0.15, -0.1) is 0 Å². The maximum Gasteiger partial charge on any atom is 0.244 e. The van der Waals surface area contributed by atoms with E-state index in [2.05, 4.69) is 20.5 Å². The number of nitriles is 1. The van der Waals surface area contributed by atoms with Gasteiger partial charge in [0.05, 0.1) is 18.2 Å². The Labute approximate surface area is 109 Å². The van der Waals surface area contributed by atoms with Gasteiger partial charge in [-0.25, -0.2) is 4.98 Å². The lowest BCUT2D eigenvalue weighted by molar-refractivity contribution is -0.116. The molecule has 1 heterocycles. The quantitative estimate of drug-likeness (QED) is 0.795. The van der Waals surface area contributed by atoms with Crippen LogP contribution in [0.3, 0.4) is 0 Å². The number of hydrogen-bond donors (Lipinski definition) is 2. The molecule has 2 aromatic rings. The average molecular weight is 253 g/mol. The number of carbonyl (C=O) groups is 1. The molecule has 0 spiro atoms. The van der Waals surface area contributed by atoms with Crippen molar-refractivity contribution in [3.63, 3.8) is 0 Å². The summed E-state index contributed by atoms with van der Waals surface area (Å²) in [5.74, 6) is 0.354. The van der Waals surface area contributed by atoms with E-state index in [1.807, 2.05) is 12.1 Å². The number of benzene rings is 1. The van der Waals surface area contributed by atoms with Gasteiger partial charge < -0.3 is 5.32 Å². The fraction of sp³-hybridized carbons (Fsp3) is 0.0769. The van der Waals surface area contributed by atoms with Crippen LogP contribution in [0.1, 0.15) is 17.0 Å². The van der Waals surface area contributed by atoms with Gasteiger partial charge in [0.15, 0.2) is 0 Å². The zero-order chi connectivity index (χ0) is 13.5. The minimum atomic E-state index is -0.237. The predicted molar refractivity (Wildman–Crippen MR) is 68.4 cm³/mol. The molecule has 0 fully saturated rings. The van der Waals surface area contributed by atoms with E-state index >= 15 is 0 Å². The van der Waals surface area contributed by atoms with Crippen LogP contribution in [-0.4, -0.2) is 21.1 Å². The maximum absolute atomic E-state index is 11.5. The lowest BCUT2D eigenvalue weighted by Crippen LogP contribution is -2.20. The van der Waals surface area contributed by atoms with Crippen LogP contribution in [0.4, 0.5) is 0 Å². The van der Waals surface area contributed by atoms with Crippen molar-refractivity contribution < 1.29 is 4.79 Å². The van der Waals surface area contributed by atoms with E-state index in [1.54, 1.807) is 24.3 Å². The number of nitrogens with one attached hydrogen (secondary N) is 2. The summed E-state index contributed by atoms with van der Waals surface area (Å²) < 4.78 is 0. The summed E-state index contributed by atoms with van der Waals surface area (Å²) in [6.45, 7) is 0.293. The number of aromatic amines is 1. The first-order chi connectivity index (χ1) is 9.28. The monoisotopic (exact) mass is 253 g/mol. The molecular formula is C13H11N5O. The van der Waals surface area contributed by atoms with Crippen molar-refractivity contribution in [2.24, 2.45) is 0 Å². The number of rotatable bonds is 4. The molecule has 0 bridgehead atoms. The summed E-state index contributed by atoms with van der Waals surface area (Å²) in [7, 11) is 0. The summed E-state index contributed by atoms with van der Waals surface area (Å²) in [6.07, 6.45) is 4.44. The number of hydrogen-bond acceptors (Lipinski definition) is 4. The lowest BCUT2D eigenvalue weighted by atomic mass is 10.1. The second-order valence-corrected chi connectivity index (χ2v) is 3.72. The zero-order valence-electron chi connectivity index (χ0n) is 10.00. The zero-order valence-corrected chi connectivity index (χ0v) is 10.00. The van der Waals surface area contributed by atoms with Gasteiger partial charge in [-0.2, -0.15) is 10.4 Å². The number of nitrogens with zero attached hydrogens (tertiary/aromatic N) is 3. The Morgan fingerprint density at radius 1 is 1.53 bits per heavy atom. The van der Waals surface area contributed by atoms with Crippen LogP contribution >= 0.6 is 0 Å². The van der Waals surface area contributed by atoms with E-state index < -0.39 is 0 Å². The van der Waals surface area contributed by atoms with Crippen molar-refractivity contribution in [1.82, 2.24) is 20.5 Å². The summed E-state index contributed by atoms with van der Waals surface area (Å²) >= 11 is 0. The van der Waals surface area contributed by atoms with Crippen LogP contribution in [0.2, 0.25) is 0 Å². The van der Waals surface area contributed by atoms with Gasteiger partial charge in [0, 0.05) is 6.08 Å². The van der Waals surface area contributed by atoms with E-state index in [4.69, 9.17) is 5.26 Å². The fourth-order valence-electron chi connectivity index (χ4n) is 1.43. The SMILES string of the molecule is N#Cc1cccc(/C=C/C(=O)NCc2ncn[nH]2)c1. The van der Waals surface area contributed by atoms with E-state index in [1.165, 1.54) is 12.4 Å². The molecule has 1 aromatic heterocycles. The number of amides is 1.